The van der Waals surface area contributed by atoms with E-state index in [4.69, 9.17) is 0 Å². The summed E-state index contributed by atoms with van der Waals surface area (Å²) in [5, 5.41) is 7.65. The third-order valence-corrected chi connectivity index (χ3v) is 3.80. The Balaban J connectivity index is 2.20. The fraction of sp³-hybridized carbons (Fsp3) is 0.333. The second kappa shape index (κ2) is 6.12. The molecule has 1 aromatic carbocycles. The largest absolute Gasteiger partial charge is 0.310 e. The lowest BCUT2D eigenvalue weighted by atomic mass is 9.99. The number of benzene rings is 1. The van der Waals surface area contributed by atoms with Gasteiger partial charge in [-0.3, -0.25) is 0 Å². The maximum atomic E-state index is 13.6. The van der Waals surface area contributed by atoms with Crippen LogP contribution in [0.1, 0.15) is 29.7 Å². The first-order valence-corrected chi connectivity index (χ1v) is 7.15. The zero-order valence-corrected chi connectivity index (χ0v) is 11.6. The molecule has 1 N–H and O–H groups in total. The Morgan fingerprint density at radius 3 is 2.78 bits per heavy atom. The van der Waals surface area contributed by atoms with Gasteiger partial charge in [0.2, 0.25) is 0 Å². The van der Waals surface area contributed by atoms with Crippen LogP contribution >= 0.6 is 11.3 Å². The Labute approximate surface area is 112 Å². The van der Waals surface area contributed by atoms with E-state index in [2.05, 4.69) is 29.1 Å². The molecule has 0 radical (unpaired) electrons. The highest BCUT2D eigenvalue weighted by Gasteiger charge is 2.12. The highest BCUT2D eigenvalue weighted by atomic mass is 32.1. The van der Waals surface area contributed by atoms with Crippen LogP contribution in [-0.4, -0.2) is 6.54 Å². The third kappa shape index (κ3) is 3.18. The van der Waals surface area contributed by atoms with Crippen molar-refractivity contribution in [3.05, 3.63) is 57.5 Å². The van der Waals surface area contributed by atoms with Crippen molar-refractivity contribution in [3.8, 4) is 0 Å². The topological polar surface area (TPSA) is 12.0 Å². The van der Waals surface area contributed by atoms with Crippen LogP contribution in [-0.2, 0) is 6.42 Å². The molecule has 1 aromatic heterocycles. The SMILES string of the molecule is CCNC(Cc1ccsc1)c1ccc(C)c(F)c1. The molecule has 0 aliphatic rings. The first kappa shape index (κ1) is 13.2. The van der Waals surface area contributed by atoms with Crippen molar-refractivity contribution in [2.75, 3.05) is 6.54 Å². The van der Waals surface area contributed by atoms with Crippen LogP contribution < -0.4 is 5.32 Å². The van der Waals surface area contributed by atoms with Crippen molar-refractivity contribution in [3.63, 3.8) is 0 Å². The predicted molar refractivity (Wildman–Crippen MR) is 75.6 cm³/mol. The van der Waals surface area contributed by atoms with Crippen LogP contribution in [0.5, 0.6) is 0 Å². The molecular formula is C15H18FNS. The quantitative estimate of drug-likeness (QED) is 0.856. The van der Waals surface area contributed by atoms with Gasteiger partial charge < -0.3 is 5.32 Å². The van der Waals surface area contributed by atoms with Crippen molar-refractivity contribution >= 4 is 11.3 Å². The monoisotopic (exact) mass is 263 g/mol. The maximum Gasteiger partial charge on any atom is 0.126 e. The molecule has 0 saturated carbocycles. The Hall–Kier alpha value is -1.19. The highest BCUT2D eigenvalue weighted by molar-refractivity contribution is 7.07. The van der Waals surface area contributed by atoms with Crippen LogP contribution in [0.25, 0.3) is 0 Å². The first-order chi connectivity index (χ1) is 8.70. The van der Waals surface area contributed by atoms with Crippen molar-refractivity contribution < 1.29 is 4.39 Å². The normalized spacial score (nSPS) is 12.6. The van der Waals surface area contributed by atoms with E-state index in [1.165, 1.54) is 5.56 Å². The molecule has 18 heavy (non-hydrogen) atoms. The van der Waals surface area contributed by atoms with Gasteiger partial charge in [-0.2, -0.15) is 11.3 Å². The Kier molecular flexibility index (Phi) is 4.50. The summed E-state index contributed by atoms with van der Waals surface area (Å²) in [7, 11) is 0. The minimum absolute atomic E-state index is 0.124. The van der Waals surface area contributed by atoms with E-state index in [1.807, 2.05) is 12.1 Å². The molecule has 96 valence electrons. The maximum absolute atomic E-state index is 13.6. The van der Waals surface area contributed by atoms with Crippen LogP contribution in [0.15, 0.2) is 35.0 Å². The van der Waals surface area contributed by atoms with E-state index in [0.29, 0.717) is 5.56 Å². The van der Waals surface area contributed by atoms with Crippen LogP contribution in [0.2, 0.25) is 0 Å². The number of thiophene rings is 1. The molecule has 1 atom stereocenters. The molecule has 1 nitrogen and oxygen atoms in total. The first-order valence-electron chi connectivity index (χ1n) is 6.21. The molecule has 0 aliphatic carbocycles. The van der Waals surface area contributed by atoms with E-state index in [1.54, 1.807) is 24.3 Å². The van der Waals surface area contributed by atoms with Gasteiger partial charge in [-0.05, 0) is 59.5 Å². The van der Waals surface area contributed by atoms with Gasteiger partial charge >= 0.3 is 0 Å². The van der Waals surface area contributed by atoms with E-state index in [-0.39, 0.29) is 11.9 Å². The van der Waals surface area contributed by atoms with Gasteiger partial charge in [-0.1, -0.05) is 19.1 Å². The summed E-state index contributed by atoms with van der Waals surface area (Å²) in [4.78, 5) is 0. The highest BCUT2D eigenvalue weighted by Crippen LogP contribution is 2.21. The number of halogens is 1. The molecule has 0 amide bonds. The van der Waals surface area contributed by atoms with Crippen molar-refractivity contribution in [2.45, 2.75) is 26.3 Å². The zero-order chi connectivity index (χ0) is 13.0. The minimum Gasteiger partial charge on any atom is -0.310 e. The van der Waals surface area contributed by atoms with Crippen LogP contribution in [0.3, 0.4) is 0 Å². The molecule has 0 spiro atoms. The number of rotatable bonds is 5. The summed E-state index contributed by atoms with van der Waals surface area (Å²) in [5.41, 5.74) is 3.02. The molecule has 0 fully saturated rings. The molecule has 1 heterocycles. The Bertz CT molecular complexity index is 493. The summed E-state index contributed by atoms with van der Waals surface area (Å²) in [6, 6.07) is 7.81. The van der Waals surface area contributed by atoms with Crippen molar-refractivity contribution in [2.24, 2.45) is 0 Å². The molecule has 1 unspecified atom stereocenters. The van der Waals surface area contributed by atoms with Gasteiger partial charge in [0.15, 0.2) is 0 Å². The average molecular weight is 263 g/mol. The number of hydrogen-bond acceptors (Lipinski definition) is 2. The summed E-state index contributed by atoms with van der Waals surface area (Å²) in [6.07, 6.45) is 0.903. The number of aryl methyl sites for hydroxylation is 1. The molecule has 0 saturated heterocycles. The fourth-order valence-corrected chi connectivity index (χ4v) is 2.71. The summed E-state index contributed by atoms with van der Waals surface area (Å²) in [6.45, 7) is 4.75. The smallest absolute Gasteiger partial charge is 0.126 e. The number of hydrogen-bond donors (Lipinski definition) is 1. The van der Waals surface area contributed by atoms with E-state index in [9.17, 15) is 4.39 Å². The van der Waals surface area contributed by atoms with Gasteiger partial charge in [-0.15, -0.1) is 0 Å². The lowest BCUT2D eigenvalue weighted by molar-refractivity contribution is 0.542. The molecular weight excluding hydrogens is 245 g/mol. The fourth-order valence-electron chi connectivity index (χ4n) is 2.02. The summed E-state index contributed by atoms with van der Waals surface area (Å²) < 4.78 is 13.6. The number of likely N-dealkylation sites (N-methyl/N-ethyl adjacent to an activating group) is 1. The molecule has 0 bridgehead atoms. The van der Waals surface area contributed by atoms with Gasteiger partial charge in [0.05, 0.1) is 0 Å². The lowest BCUT2D eigenvalue weighted by Gasteiger charge is -2.18. The molecule has 2 rings (SSSR count). The van der Waals surface area contributed by atoms with E-state index < -0.39 is 0 Å². The second-order valence-electron chi connectivity index (χ2n) is 4.45. The Morgan fingerprint density at radius 1 is 1.33 bits per heavy atom. The zero-order valence-electron chi connectivity index (χ0n) is 10.7. The predicted octanol–water partition coefficient (Wildman–Crippen LogP) is 4.09. The van der Waals surface area contributed by atoms with Gasteiger partial charge in [0.1, 0.15) is 5.82 Å². The molecule has 2 aromatic rings. The van der Waals surface area contributed by atoms with Gasteiger partial charge in [0, 0.05) is 6.04 Å². The summed E-state index contributed by atoms with van der Waals surface area (Å²) in [5.74, 6) is -0.124. The van der Waals surface area contributed by atoms with Crippen LogP contribution in [0.4, 0.5) is 4.39 Å². The van der Waals surface area contributed by atoms with Gasteiger partial charge in [0.25, 0.3) is 0 Å². The van der Waals surface area contributed by atoms with Crippen LogP contribution in [0, 0.1) is 12.7 Å². The third-order valence-electron chi connectivity index (χ3n) is 3.07. The average Bonchev–Trinajstić information content (AvgIpc) is 2.85. The minimum atomic E-state index is -0.124. The van der Waals surface area contributed by atoms with E-state index in [0.717, 1.165) is 18.5 Å². The Morgan fingerprint density at radius 2 is 2.17 bits per heavy atom. The number of nitrogens with one attached hydrogen (secondary N) is 1. The van der Waals surface area contributed by atoms with Crippen molar-refractivity contribution in [1.82, 2.24) is 5.32 Å². The standard InChI is InChI=1S/C15H18FNS/c1-3-17-15(8-12-6-7-18-10-12)13-5-4-11(2)14(16)9-13/h4-7,9-10,15,17H,3,8H2,1-2H3. The lowest BCUT2D eigenvalue weighted by Crippen LogP contribution is -2.23. The second-order valence-corrected chi connectivity index (χ2v) is 5.23. The molecule has 0 aliphatic heterocycles. The van der Waals surface area contributed by atoms with Crippen molar-refractivity contribution in [1.29, 1.82) is 0 Å². The van der Waals surface area contributed by atoms with Gasteiger partial charge in [-0.25, -0.2) is 4.39 Å². The molecule has 3 heteroatoms. The van der Waals surface area contributed by atoms with E-state index >= 15 is 0 Å². The summed E-state index contributed by atoms with van der Waals surface area (Å²) >= 11 is 1.70.